The number of carbonyl (C=O) groups is 1. The van der Waals surface area contributed by atoms with Gasteiger partial charge in [-0.3, -0.25) is 4.79 Å². The SMILES string of the molecule is CCCN(C(=O)c1cccc(Br)c1Cl)C1CCNCC1.Cl. The summed E-state index contributed by atoms with van der Waals surface area (Å²) in [5, 5.41) is 3.85. The lowest BCUT2D eigenvalue weighted by atomic mass is 10.0. The first-order chi connectivity index (χ1) is 9.65. The molecule has 1 heterocycles. The summed E-state index contributed by atoms with van der Waals surface area (Å²) >= 11 is 9.65. The Balaban J connectivity index is 0.00000220. The fraction of sp³-hybridized carbons (Fsp3) is 0.533. The molecule has 1 amide bonds. The van der Waals surface area contributed by atoms with Crippen LogP contribution in [0.25, 0.3) is 0 Å². The number of amides is 1. The van der Waals surface area contributed by atoms with E-state index in [1.165, 1.54) is 0 Å². The number of nitrogens with zero attached hydrogens (tertiary/aromatic N) is 1. The van der Waals surface area contributed by atoms with Gasteiger partial charge in [-0.25, -0.2) is 0 Å². The van der Waals surface area contributed by atoms with Crippen molar-refractivity contribution in [3.05, 3.63) is 33.3 Å². The Morgan fingerprint density at radius 3 is 2.71 bits per heavy atom. The van der Waals surface area contributed by atoms with Crippen molar-refractivity contribution in [2.45, 2.75) is 32.2 Å². The molecule has 118 valence electrons. The molecule has 1 aliphatic rings. The highest BCUT2D eigenvalue weighted by molar-refractivity contribution is 9.10. The van der Waals surface area contributed by atoms with E-state index in [0.29, 0.717) is 16.6 Å². The van der Waals surface area contributed by atoms with E-state index in [0.717, 1.165) is 43.4 Å². The summed E-state index contributed by atoms with van der Waals surface area (Å²) in [7, 11) is 0. The van der Waals surface area contributed by atoms with Crippen molar-refractivity contribution >= 4 is 45.8 Å². The van der Waals surface area contributed by atoms with Crippen LogP contribution in [0.5, 0.6) is 0 Å². The number of rotatable bonds is 4. The molecule has 6 heteroatoms. The van der Waals surface area contributed by atoms with Gasteiger partial charge in [-0.1, -0.05) is 24.6 Å². The van der Waals surface area contributed by atoms with Crippen LogP contribution in [0.3, 0.4) is 0 Å². The Morgan fingerprint density at radius 2 is 2.10 bits per heavy atom. The molecule has 3 nitrogen and oxygen atoms in total. The average Bonchev–Trinajstić information content (AvgIpc) is 2.48. The number of halogens is 3. The molecule has 0 bridgehead atoms. The van der Waals surface area contributed by atoms with Crippen LogP contribution >= 0.6 is 39.9 Å². The fourth-order valence-corrected chi connectivity index (χ4v) is 3.21. The third-order valence-electron chi connectivity index (χ3n) is 3.66. The van der Waals surface area contributed by atoms with Crippen LogP contribution in [0.4, 0.5) is 0 Å². The maximum Gasteiger partial charge on any atom is 0.255 e. The van der Waals surface area contributed by atoms with Gasteiger partial charge in [0.1, 0.15) is 0 Å². The molecular weight excluding hydrogens is 375 g/mol. The molecule has 1 fully saturated rings. The third kappa shape index (κ3) is 4.59. The summed E-state index contributed by atoms with van der Waals surface area (Å²) in [5.74, 6) is 0.0463. The number of hydrogen-bond acceptors (Lipinski definition) is 2. The molecule has 1 saturated heterocycles. The van der Waals surface area contributed by atoms with Gasteiger partial charge in [-0.05, 0) is 60.4 Å². The summed E-state index contributed by atoms with van der Waals surface area (Å²) in [5.41, 5.74) is 0.591. The van der Waals surface area contributed by atoms with E-state index in [9.17, 15) is 4.79 Å². The monoisotopic (exact) mass is 394 g/mol. The number of piperidine rings is 1. The van der Waals surface area contributed by atoms with Gasteiger partial charge < -0.3 is 10.2 Å². The zero-order chi connectivity index (χ0) is 14.5. The van der Waals surface area contributed by atoms with E-state index < -0.39 is 0 Å². The summed E-state index contributed by atoms with van der Waals surface area (Å²) < 4.78 is 0.770. The predicted octanol–water partition coefficient (Wildman–Crippen LogP) is 4.13. The van der Waals surface area contributed by atoms with Crippen LogP contribution in [0.2, 0.25) is 5.02 Å². The molecule has 1 N–H and O–H groups in total. The Hall–Kier alpha value is -0.290. The summed E-state index contributed by atoms with van der Waals surface area (Å²) in [6.07, 6.45) is 2.98. The Morgan fingerprint density at radius 1 is 1.43 bits per heavy atom. The van der Waals surface area contributed by atoms with Crippen molar-refractivity contribution in [1.82, 2.24) is 10.2 Å². The van der Waals surface area contributed by atoms with E-state index in [1.54, 1.807) is 6.07 Å². The normalized spacial score (nSPS) is 15.4. The van der Waals surface area contributed by atoms with E-state index in [4.69, 9.17) is 11.6 Å². The molecule has 0 aromatic heterocycles. The van der Waals surface area contributed by atoms with Crippen molar-refractivity contribution in [2.75, 3.05) is 19.6 Å². The van der Waals surface area contributed by atoms with Crippen molar-refractivity contribution in [3.63, 3.8) is 0 Å². The maximum absolute atomic E-state index is 12.8. The number of hydrogen-bond donors (Lipinski definition) is 1. The quantitative estimate of drug-likeness (QED) is 0.831. The van der Waals surface area contributed by atoms with Gasteiger partial charge in [-0.2, -0.15) is 0 Å². The highest BCUT2D eigenvalue weighted by Gasteiger charge is 2.27. The Kier molecular flexibility index (Phi) is 8.03. The van der Waals surface area contributed by atoms with Gasteiger partial charge in [0.25, 0.3) is 5.91 Å². The van der Waals surface area contributed by atoms with Crippen LogP contribution in [-0.4, -0.2) is 36.5 Å². The molecule has 0 unspecified atom stereocenters. The van der Waals surface area contributed by atoms with Crippen molar-refractivity contribution in [3.8, 4) is 0 Å². The zero-order valence-corrected chi connectivity index (χ0v) is 15.2. The molecule has 0 spiro atoms. The van der Waals surface area contributed by atoms with Crippen LogP contribution in [0.1, 0.15) is 36.5 Å². The first-order valence-corrected chi connectivity index (χ1v) is 8.28. The lowest BCUT2D eigenvalue weighted by Gasteiger charge is -2.35. The average molecular weight is 396 g/mol. The highest BCUT2D eigenvalue weighted by atomic mass is 79.9. The smallest absolute Gasteiger partial charge is 0.255 e. The molecule has 0 radical (unpaired) electrons. The maximum atomic E-state index is 12.8. The van der Waals surface area contributed by atoms with Crippen molar-refractivity contribution in [2.24, 2.45) is 0 Å². The molecule has 0 aliphatic carbocycles. The van der Waals surface area contributed by atoms with Gasteiger partial charge in [0.05, 0.1) is 10.6 Å². The zero-order valence-electron chi connectivity index (χ0n) is 12.1. The minimum Gasteiger partial charge on any atom is -0.336 e. The standard InChI is InChI=1S/C15H20BrClN2O.ClH/c1-2-10-19(11-6-8-18-9-7-11)15(20)12-4-3-5-13(16)14(12)17;/h3-5,11,18H,2,6-10H2,1H3;1H. The first kappa shape index (κ1) is 18.8. The van der Waals surface area contributed by atoms with E-state index in [2.05, 4.69) is 28.2 Å². The minimum absolute atomic E-state index is 0. The van der Waals surface area contributed by atoms with Crippen molar-refractivity contribution < 1.29 is 4.79 Å². The lowest BCUT2D eigenvalue weighted by Crippen LogP contribution is -2.46. The van der Waals surface area contributed by atoms with Gasteiger partial charge in [0, 0.05) is 17.1 Å². The summed E-state index contributed by atoms with van der Waals surface area (Å²) in [6.45, 7) is 4.84. The van der Waals surface area contributed by atoms with Crippen molar-refractivity contribution in [1.29, 1.82) is 0 Å². The number of carbonyl (C=O) groups excluding carboxylic acids is 1. The van der Waals surface area contributed by atoms with Gasteiger partial charge in [0.2, 0.25) is 0 Å². The number of nitrogens with one attached hydrogen (secondary N) is 1. The van der Waals surface area contributed by atoms with Gasteiger partial charge in [-0.15, -0.1) is 12.4 Å². The van der Waals surface area contributed by atoms with Gasteiger partial charge >= 0.3 is 0 Å². The molecule has 1 aliphatic heterocycles. The third-order valence-corrected chi connectivity index (χ3v) is 4.95. The van der Waals surface area contributed by atoms with Crippen LogP contribution in [0.15, 0.2) is 22.7 Å². The molecule has 1 aromatic rings. The number of benzene rings is 1. The Labute approximate surface area is 146 Å². The van der Waals surface area contributed by atoms with Crippen LogP contribution in [0, 0.1) is 0 Å². The molecule has 1 aromatic carbocycles. The second kappa shape index (κ2) is 8.99. The topological polar surface area (TPSA) is 32.3 Å². The summed E-state index contributed by atoms with van der Waals surface area (Å²) in [6, 6.07) is 5.83. The largest absolute Gasteiger partial charge is 0.336 e. The van der Waals surface area contributed by atoms with E-state index in [1.807, 2.05) is 17.0 Å². The van der Waals surface area contributed by atoms with Gasteiger partial charge in [0.15, 0.2) is 0 Å². The first-order valence-electron chi connectivity index (χ1n) is 7.10. The molecule has 2 rings (SSSR count). The summed E-state index contributed by atoms with van der Waals surface area (Å²) in [4.78, 5) is 14.8. The van der Waals surface area contributed by atoms with Crippen LogP contribution in [-0.2, 0) is 0 Å². The second-order valence-electron chi connectivity index (χ2n) is 5.08. The highest BCUT2D eigenvalue weighted by Crippen LogP contribution is 2.28. The van der Waals surface area contributed by atoms with Crippen LogP contribution < -0.4 is 5.32 Å². The predicted molar refractivity (Wildman–Crippen MR) is 93.6 cm³/mol. The van der Waals surface area contributed by atoms with E-state index >= 15 is 0 Å². The molecule has 0 saturated carbocycles. The second-order valence-corrected chi connectivity index (χ2v) is 6.31. The minimum atomic E-state index is 0. The lowest BCUT2D eigenvalue weighted by molar-refractivity contribution is 0.0643. The fourth-order valence-electron chi connectivity index (χ4n) is 2.63. The molecule has 0 atom stereocenters. The molecular formula is C15H21BrCl2N2O. The Bertz CT molecular complexity index is 479. The molecule has 21 heavy (non-hydrogen) atoms. The van der Waals surface area contributed by atoms with E-state index in [-0.39, 0.29) is 18.3 Å².